The molecule has 1 aromatic carbocycles. The van der Waals surface area contributed by atoms with E-state index in [1.165, 1.54) is 0 Å². The average molecular weight is 376 g/mol. The lowest BCUT2D eigenvalue weighted by Crippen LogP contribution is -2.50. The standard InChI is InChI=1S/C19H24N2O6/c1-4-15(27-13-9-7-6-8-10-13)17(22)26-11-14-16(18(23)25-5-2)12(3)20-19(24)21-14/h6-10,12,15H,4-5,11H2,1-3H3,(H2,20,21,24)/t12-,15+/m1/s1. The van der Waals surface area contributed by atoms with Crippen molar-refractivity contribution in [3.8, 4) is 5.75 Å². The molecule has 2 atom stereocenters. The fourth-order valence-electron chi connectivity index (χ4n) is 2.59. The first kappa shape index (κ1) is 20.3. The van der Waals surface area contributed by atoms with Gasteiger partial charge in [0.1, 0.15) is 12.4 Å². The van der Waals surface area contributed by atoms with E-state index in [9.17, 15) is 14.4 Å². The number of hydrogen-bond donors (Lipinski definition) is 2. The van der Waals surface area contributed by atoms with E-state index in [1.807, 2.05) is 6.07 Å². The molecule has 0 spiro atoms. The van der Waals surface area contributed by atoms with Crippen LogP contribution in [0.1, 0.15) is 27.2 Å². The SMILES string of the molecule is CCOC(=O)C1=C(COC(=O)[C@H](CC)Oc2ccccc2)NC(=O)N[C@@H]1C. The molecule has 1 aliphatic rings. The van der Waals surface area contributed by atoms with Gasteiger partial charge in [-0.25, -0.2) is 14.4 Å². The molecule has 0 bridgehead atoms. The normalized spacial score (nSPS) is 17.4. The summed E-state index contributed by atoms with van der Waals surface area (Å²) >= 11 is 0. The number of benzene rings is 1. The molecule has 27 heavy (non-hydrogen) atoms. The van der Waals surface area contributed by atoms with Crippen molar-refractivity contribution in [1.82, 2.24) is 10.6 Å². The molecule has 0 aliphatic carbocycles. The van der Waals surface area contributed by atoms with E-state index in [-0.39, 0.29) is 24.5 Å². The summed E-state index contributed by atoms with van der Waals surface area (Å²) in [5.74, 6) is -0.606. The van der Waals surface area contributed by atoms with Gasteiger partial charge in [-0.1, -0.05) is 25.1 Å². The molecule has 0 aromatic heterocycles. The first-order valence-electron chi connectivity index (χ1n) is 8.82. The summed E-state index contributed by atoms with van der Waals surface area (Å²) in [5.41, 5.74) is 0.425. The zero-order chi connectivity index (χ0) is 19.8. The second-order valence-corrected chi connectivity index (χ2v) is 5.87. The first-order valence-corrected chi connectivity index (χ1v) is 8.82. The molecule has 8 heteroatoms. The predicted molar refractivity (Wildman–Crippen MR) is 96.9 cm³/mol. The highest BCUT2D eigenvalue weighted by atomic mass is 16.6. The van der Waals surface area contributed by atoms with Crippen LogP contribution in [-0.2, 0) is 19.1 Å². The quantitative estimate of drug-likeness (QED) is 0.672. The second kappa shape index (κ2) is 9.61. The van der Waals surface area contributed by atoms with Crippen LogP contribution < -0.4 is 15.4 Å². The van der Waals surface area contributed by atoms with Crippen molar-refractivity contribution in [3.05, 3.63) is 41.6 Å². The summed E-state index contributed by atoms with van der Waals surface area (Å²) in [5, 5.41) is 5.09. The van der Waals surface area contributed by atoms with E-state index >= 15 is 0 Å². The highest BCUT2D eigenvalue weighted by Gasteiger charge is 2.31. The molecule has 1 heterocycles. The Morgan fingerprint density at radius 1 is 1.15 bits per heavy atom. The zero-order valence-electron chi connectivity index (χ0n) is 15.6. The largest absolute Gasteiger partial charge is 0.479 e. The first-order chi connectivity index (χ1) is 13.0. The van der Waals surface area contributed by atoms with Gasteiger partial charge in [-0.05, 0) is 32.4 Å². The van der Waals surface area contributed by atoms with Crippen LogP contribution >= 0.6 is 0 Å². The van der Waals surface area contributed by atoms with Gasteiger partial charge < -0.3 is 24.8 Å². The van der Waals surface area contributed by atoms with Crippen LogP contribution in [0.25, 0.3) is 0 Å². The minimum atomic E-state index is -0.797. The number of nitrogens with one attached hydrogen (secondary N) is 2. The maximum Gasteiger partial charge on any atom is 0.347 e. The van der Waals surface area contributed by atoms with Gasteiger partial charge in [-0.15, -0.1) is 0 Å². The van der Waals surface area contributed by atoms with E-state index in [4.69, 9.17) is 14.2 Å². The Hall–Kier alpha value is -3.03. The maximum absolute atomic E-state index is 12.4. The smallest absolute Gasteiger partial charge is 0.347 e. The third-order valence-electron chi connectivity index (χ3n) is 3.88. The number of ether oxygens (including phenoxy) is 3. The van der Waals surface area contributed by atoms with Crippen LogP contribution in [0, 0.1) is 0 Å². The summed E-state index contributed by atoms with van der Waals surface area (Å²) < 4.78 is 15.9. The molecule has 0 saturated carbocycles. The van der Waals surface area contributed by atoms with Gasteiger partial charge in [-0.2, -0.15) is 0 Å². The van der Waals surface area contributed by atoms with Crippen molar-refractivity contribution in [2.45, 2.75) is 39.3 Å². The fraction of sp³-hybridized carbons (Fsp3) is 0.421. The summed E-state index contributed by atoms with van der Waals surface area (Å²) in [7, 11) is 0. The van der Waals surface area contributed by atoms with Crippen LogP contribution in [0.4, 0.5) is 4.79 Å². The van der Waals surface area contributed by atoms with Crippen LogP contribution in [-0.4, -0.2) is 43.3 Å². The maximum atomic E-state index is 12.4. The minimum Gasteiger partial charge on any atom is -0.479 e. The van der Waals surface area contributed by atoms with Crippen molar-refractivity contribution in [2.75, 3.05) is 13.2 Å². The molecule has 2 N–H and O–H groups in total. The Kier molecular flexibility index (Phi) is 7.22. The van der Waals surface area contributed by atoms with Crippen LogP contribution in [0.2, 0.25) is 0 Å². The van der Waals surface area contributed by atoms with Crippen LogP contribution in [0.15, 0.2) is 41.6 Å². The molecule has 0 saturated heterocycles. The van der Waals surface area contributed by atoms with E-state index in [0.29, 0.717) is 12.2 Å². The second-order valence-electron chi connectivity index (χ2n) is 5.87. The number of amides is 2. The monoisotopic (exact) mass is 376 g/mol. The number of carbonyl (C=O) groups excluding carboxylic acids is 3. The molecule has 2 amide bonds. The Morgan fingerprint density at radius 3 is 2.48 bits per heavy atom. The predicted octanol–water partition coefficient (Wildman–Crippen LogP) is 1.91. The molecule has 1 aliphatic heterocycles. The third kappa shape index (κ3) is 5.47. The van der Waals surface area contributed by atoms with E-state index in [0.717, 1.165) is 0 Å². The van der Waals surface area contributed by atoms with Gasteiger partial charge >= 0.3 is 18.0 Å². The topological polar surface area (TPSA) is 103 Å². The summed E-state index contributed by atoms with van der Waals surface area (Å²) in [4.78, 5) is 36.2. The van der Waals surface area contributed by atoms with Crippen molar-refractivity contribution < 1.29 is 28.6 Å². The molecular formula is C19H24N2O6. The molecule has 1 aromatic rings. The Morgan fingerprint density at radius 2 is 1.85 bits per heavy atom. The zero-order valence-corrected chi connectivity index (χ0v) is 15.6. The highest BCUT2D eigenvalue weighted by molar-refractivity contribution is 5.94. The molecule has 0 fully saturated rings. The number of para-hydroxylation sites is 1. The van der Waals surface area contributed by atoms with E-state index in [2.05, 4.69) is 10.6 Å². The van der Waals surface area contributed by atoms with Gasteiger partial charge in [0.25, 0.3) is 0 Å². The molecule has 2 rings (SSSR count). The number of esters is 2. The summed E-state index contributed by atoms with van der Waals surface area (Å²) in [6, 6.07) is 7.89. The van der Waals surface area contributed by atoms with E-state index in [1.54, 1.807) is 45.0 Å². The fourth-order valence-corrected chi connectivity index (χ4v) is 2.59. The van der Waals surface area contributed by atoms with Gasteiger partial charge in [-0.3, -0.25) is 0 Å². The van der Waals surface area contributed by atoms with Crippen LogP contribution in [0.5, 0.6) is 5.75 Å². The van der Waals surface area contributed by atoms with Crippen molar-refractivity contribution in [2.24, 2.45) is 0 Å². The Labute approximate surface area is 157 Å². The van der Waals surface area contributed by atoms with Crippen molar-refractivity contribution in [1.29, 1.82) is 0 Å². The molecular weight excluding hydrogens is 352 g/mol. The van der Waals surface area contributed by atoms with Crippen LogP contribution in [0.3, 0.4) is 0 Å². The molecule has 8 nitrogen and oxygen atoms in total. The molecule has 0 radical (unpaired) electrons. The average Bonchev–Trinajstić information content (AvgIpc) is 2.64. The lowest BCUT2D eigenvalue weighted by atomic mass is 10.0. The molecule has 146 valence electrons. The third-order valence-corrected chi connectivity index (χ3v) is 3.88. The Bertz CT molecular complexity index is 716. The number of urea groups is 1. The highest BCUT2D eigenvalue weighted by Crippen LogP contribution is 2.16. The minimum absolute atomic E-state index is 0.193. The van der Waals surface area contributed by atoms with E-state index < -0.39 is 30.1 Å². The summed E-state index contributed by atoms with van der Waals surface area (Å²) in [6.45, 7) is 5.06. The summed E-state index contributed by atoms with van der Waals surface area (Å²) in [6.07, 6.45) is -0.393. The van der Waals surface area contributed by atoms with Gasteiger partial charge in [0.05, 0.1) is 23.9 Å². The van der Waals surface area contributed by atoms with Crippen molar-refractivity contribution >= 4 is 18.0 Å². The van der Waals surface area contributed by atoms with Crippen molar-refractivity contribution in [3.63, 3.8) is 0 Å². The molecule has 0 unspecified atom stereocenters. The Balaban J connectivity index is 2.08. The lowest BCUT2D eigenvalue weighted by molar-refractivity contribution is -0.151. The number of carbonyl (C=O) groups is 3. The number of rotatable bonds is 8. The van der Waals surface area contributed by atoms with Gasteiger partial charge in [0.2, 0.25) is 0 Å². The number of hydrogen-bond acceptors (Lipinski definition) is 6. The van der Waals surface area contributed by atoms with Gasteiger partial charge in [0, 0.05) is 0 Å². The van der Waals surface area contributed by atoms with Gasteiger partial charge in [0.15, 0.2) is 6.10 Å². The lowest BCUT2D eigenvalue weighted by Gasteiger charge is -2.26.